The highest BCUT2D eigenvalue weighted by atomic mass is 16.5. The van der Waals surface area contributed by atoms with Gasteiger partial charge in [0, 0.05) is 25.2 Å². The molecule has 1 N–H and O–H groups in total. The number of carbonyl (C=O) groups excluding carboxylic acids is 3. The summed E-state index contributed by atoms with van der Waals surface area (Å²) in [5.74, 6) is -0.580. The lowest BCUT2D eigenvalue weighted by Gasteiger charge is -2.28. The van der Waals surface area contributed by atoms with Crippen LogP contribution < -0.4 is 10.2 Å². The van der Waals surface area contributed by atoms with Crippen molar-refractivity contribution in [3.63, 3.8) is 0 Å². The van der Waals surface area contributed by atoms with E-state index in [2.05, 4.69) is 10.2 Å². The summed E-state index contributed by atoms with van der Waals surface area (Å²) < 4.78 is 23.3. The Balaban J connectivity index is 1.95. The number of fused-ring (bicyclic) bond motifs is 1. The van der Waals surface area contributed by atoms with Crippen LogP contribution in [0.15, 0.2) is 36.4 Å². The van der Waals surface area contributed by atoms with Crippen molar-refractivity contribution in [3.05, 3.63) is 53.2 Å². The molecule has 3 aromatic rings. The summed E-state index contributed by atoms with van der Waals surface area (Å²) in [4.78, 5) is 40.8. The molecule has 1 aromatic carbocycles. The molecule has 0 bridgehead atoms. The second kappa shape index (κ2) is 13.8. The Kier molecular flexibility index (Phi) is 9.96. The summed E-state index contributed by atoms with van der Waals surface area (Å²) in [5, 5.41) is 7.54. The number of ether oxygens (including phenoxy) is 4. The van der Waals surface area contributed by atoms with Crippen LogP contribution in [0.4, 0.5) is 10.6 Å². The molecule has 1 aliphatic heterocycles. The van der Waals surface area contributed by atoms with Gasteiger partial charge in [0.25, 0.3) is 0 Å². The van der Waals surface area contributed by atoms with Gasteiger partial charge in [0.15, 0.2) is 0 Å². The predicted molar refractivity (Wildman–Crippen MR) is 149 cm³/mol. The SMILES string of the molecule is CCNC(=O)OCCCc1c(C(=O)OCC)c(C(=O)OCC)c2c(-c3ccccc3)cc(N3CCOCC3)nn12. The standard InChI is InChI=1S/C29H36N4O7/c1-4-30-29(36)40-16-10-13-22-24(27(34)38-5-2)25(28(35)39-6-3)26-21(20-11-8-7-9-12-20)19-23(31-33(22)26)32-14-17-37-18-15-32/h7-9,11-12,19H,4-6,10,13-18H2,1-3H3,(H,30,36). The van der Waals surface area contributed by atoms with E-state index in [0.29, 0.717) is 62.7 Å². The van der Waals surface area contributed by atoms with Crippen molar-refractivity contribution in [2.24, 2.45) is 0 Å². The minimum Gasteiger partial charge on any atom is -0.462 e. The number of anilines is 1. The van der Waals surface area contributed by atoms with Gasteiger partial charge in [-0.3, -0.25) is 0 Å². The van der Waals surface area contributed by atoms with Gasteiger partial charge in [-0.05, 0) is 45.2 Å². The molecule has 4 rings (SSSR count). The maximum absolute atomic E-state index is 13.5. The van der Waals surface area contributed by atoms with Crippen LogP contribution >= 0.6 is 0 Å². The van der Waals surface area contributed by atoms with Crippen LogP contribution in [-0.4, -0.2) is 80.3 Å². The first kappa shape index (κ1) is 28.9. The van der Waals surface area contributed by atoms with Crippen LogP contribution in [0.2, 0.25) is 0 Å². The highest BCUT2D eigenvalue weighted by Crippen LogP contribution is 2.36. The Bertz CT molecular complexity index is 1330. The molecule has 1 saturated heterocycles. The number of esters is 2. The van der Waals surface area contributed by atoms with Gasteiger partial charge in [-0.2, -0.15) is 0 Å². The van der Waals surface area contributed by atoms with Crippen molar-refractivity contribution in [1.29, 1.82) is 0 Å². The molecule has 2 aromatic heterocycles. The van der Waals surface area contributed by atoms with Crippen LogP contribution in [0, 0.1) is 0 Å². The van der Waals surface area contributed by atoms with Gasteiger partial charge in [-0.1, -0.05) is 30.3 Å². The van der Waals surface area contributed by atoms with E-state index in [1.54, 1.807) is 25.3 Å². The third-order valence-electron chi connectivity index (χ3n) is 6.47. The number of nitrogens with zero attached hydrogens (tertiary/aromatic N) is 3. The Hall–Kier alpha value is -4.12. The maximum atomic E-state index is 13.5. The number of hydrogen-bond donors (Lipinski definition) is 1. The van der Waals surface area contributed by atoms with Gasteiger partial charge < -0.3 is 29.2 Å². The minimum absolute atomic E-state index is 0.111. The molecule has 0 aliphatic carbocycles. The number of alkyl carbamates (subject to hydrolysis) is 1. The number of nitrogens with one attached hydrogen (secondary N) is 1. The number of carbonyl (C=O) groups is 3. The van der Waals surface area contributed by atoms with Crippen molar-refractivity contribution < 1.29 is 33.3 Å². The van der Waals surface area contributed by atoms with Crippen molar-refractivity contribution in [2.75, 3.05) is 57.6 Å². The lowest BCUT2D eigenvalue weighted by atomic mass is 10.0. The monoisotopic (exact) mass is 552 g/mol. The molecule has 3 heterocycles. The van der Waals surface area contributed by atoms with Crippen molar-refractivity contribution in [2.45, 2.75) is 33.6 Å². The Morgan fingerprint density at radius 3 is 2.27 bits per heavy atom. The zero-order chi connectivity index (χ0) is 28.5. The highest BCUT2D eigenvalue weighted by Gasteiger charge is 2.33. The van der Waals surface area contributed by atoms with E-state index in [1.165, 1.54) is 0 Å². The van der Waals surface area contributed by atoms with Gasteiger partial charge in [0.1, 0.15) is 11.4 Å². The van der Waals surface area contributed by atoms with Gasteiger partial charge >= 0.3 is 18.0 Å². The van der Waals surface area contributed by atoms with Crippen LogP contribution in [0.25, 0.3) is 16.6 Å². The number of aryl methyl sites for hydroxylation is 1. The molecule has 214 valence electrons. The molecule has 11 heteroatoms. The predicted octanol–water partition coefficient (Wildman–Crippen LogP) is 3.87. The minimum atomic E-state index is -0.636. The summed E-state index contributed by atoms with van der Waals surface area (Å²) in [6.07, 6.45) is 0.170. The zero-order valence-electron chi connectivity index (χ0n) is 23.2. The van der Waals surface area contributed by atoms with Crippen LogP contribution in [0.5, 0.6) is 0 Å². The van der Waals surface area contributed by atoms with Gasteiger partial charge in [0.2, 0.25) is 0 Å². The Labute approximate surface area is 233 Å². The van der Waals surface area contributed by atoms with Crippen LogP contribution in [0.1, 0.15) is 53.6 Å². The summed E-state index contributed by atoms with van der Waals surface area (Å²) in [7, 11) is 0. The molecule has 40 heavy (non-hydrogen) atoms. The molecule has 11 nitrogen and oxygen atoms in total. The quantitative estimate of drug-likeness (QED) is 0.215. The first-order valence-corrected chi connectivity index (χ1v) is 13.7. The molecule has 1 fully saturated rings. The third kappa shape index (κ3) is 6.36. The second-order valence-corrected chi connectivity index (χ2v) is 9.05. The molecule has 0 unspecified atom stereocenters. The van der Waals surface area contributed by atoms with E-state index in [9.17, 15) is 14.4 Å². The smallest absolute Gasteiger partial charge is 0.407 e. The molecule has 0 radical (unpaired) electrons. The van der Waals surface area contributed by atoms with Gasteiger partial charge in [0.05, 0.1) is 49.8 Å². The van der Waals surface area contributed by atoms with Crippen LogP contribution in [0.3, 0.4) is 0 Å². The van der Waals surface area contributed by atoms with Crippen LogP contribution in [-0.2, 0) is 25.4 Å². The fourth-order valence-corrected chi connectivity index (χ4v) is 4.74. The van der Waals surface area contributed by atoms with E-state index in [-0.39, 0.29) is 30.9 Å². The molecule has 1 amide bonds. The van der Waals surface area contributed by atoms with E-state index >= 15 is 0 Å². The van der Waals surface area contributed by atoms with E-state index in [4.69, 9.17) is 24.0 Å². The average Bonchev–Trinajstić information content (AvgIpc) is 3.30. The Morgan fingerprint density at radius 2 is 1.62 bits per heavy atom. The number of rotatable bonds is 11. The maximum Gasteiger partial charge on any atom is 0.407 e. The summed E-state index contributed by atoms with van der Waals surface area (Å²) in [5.41, 5.74) is 2.76. The van der Waals surface area contributed by atoms with Crippen molar-refractivity contribution in [3.8, 4) is 11.1 Å². The molecule has 0 spiro atoms. The second-order valence-electron chi connectivity index (χ2n) is 9.05. The normalized spacial score (nSPS) is 13.2. The van der Waals surface area contributed by atoms with E-state index in [0.717, 1.165) is 11.1 Å². The third-order valence-corrected chi connectivity index (χ3v) is 6.47. The fraction of sp³-hybridized carbons (Fsp3) is 0.448. The summed E-state index contributed by atoms with van der Waals surface area (Å²) in [6, 6.07) is 11.6. The van der Waals surface area contributed by atoms with Crippen molar-refractivity contribution in [1.82, 2.24) is 14.9 Å². The lowest BCUT2D eigenvalue weighted by Crippen LogP contribution is -2.37. The van der Waals surface area contributed by atoms with E-state index < -0.39 is 18.0 Å². The summed E-state index contributed by atoms with van der Waals surface area (Å²) >= 11 is 0. The molecule has 0 saturated carbocycles. The van der Waals surface area contributed by atoms with E-state index in [1.807, 2.05) is 36.4 Å². The number of benzene rings is 1. The zero-order valence-corrected chi connectivity index (χ0v) is 23.2. The fourth-order valence-electron chi connectivity index (χ4n) is 4.74. The molecular formula is C29H36N4O7. The molecule has 1 aliphatic rings. The summed E-state index contributed by atoms with van der Waals surface area (Å²) in [6.45, 7) is 8.50. The lowest BCUT2D eigenvalue weighted by molar-refractivity contribution is 0.0480. The highest BCUT2D eigenvalue weighted by molar-refractivity contribution is 6.12. The number of amides is 1. The number of aromatic nitrogens is 2. The average molecular weight is 553 g/mol. The van der Waals surface area contributed by atoms with Crippen molar-refractivity contribution >= 4 is 29.4 Å². The van der Waals surface area contributed by atoms with Gasteiger partial charge in [-0.25, -0.2) is 18.9 Å². The largest absolute Gasteiger partial charge is 0.462 e. The Morgan fingerprint density at radius 1 is 0.950 bits per heavy atom. The number of morpholine rings is 1. The first-order chi connectivity index (χ1) is 19.5. The molecular weight excluding hydrogens is 516 g/mol. The first-order valence-electron chi connectivity index (χ1n) is 13.7. The number of hydrogen-bond acceptors (Lipinski definition) is 9. The van der Waals surface area contributed by atoms with Gasteiger partial charge in [-0.15, -0.1) is 5.10 Å². The topological polar surface area (TPSA) is 121 Å². The molecule has 0 atom stereocenters.